The van der Waals surface area contributed by atoms with Gasteiger partial charge in [0.05, 0.1) is 0 Å². The zero-order valence-corrected chi connectivity index (χ0v) is 11.2. The second kappa shape index (κ2) is 5.59. The van der Waals surface area contributed by atoms with E-state index in [1.807, 2.05) is 54.6 Å². The van der Waals surface area contributed by atoms with Crippen LogP contribution >= 0.6 is 0 Å². The highest BCUT2D eigenvalue weighted by molar-refractivity contribution is 5.94. The van der Waals surface area contributed by atoms with Crippen molar-refractivity contribution in [2.45, 2.75) is 0 Å². The molecule has 102 valence electrons. The molecular weight excluding hydrogens is 262 g/mol. The molecule has 3 heteroatoms. The van der Waals surface area contributed by atoms with Crippen LogP contribution in [0.3, 0.4) is 0 Å². The summed E-state index contributed by atoms with van der Waals surface area (Å²) >= 11 is 0. The molecule has 0 amide bonds. The highest BCUT2D eigenvalue weighted by atomic mass is 16.4. The highest BCUT2D eigenvalue weighted by Crippen LogP contribution is 2.27. The molecule has 3 rings (SSSR count). The number of aromatic nitrogens is 1. The second-order valence-electron chi connectivity index (χ2n) is 4.65. The van der Waals surface area contributed by atoms with Crippen molar-refractivity contribution in [3.05, 3.63) is 78.6 Å². The van der Waals surface area contributed by atoms with Gasteiger partial charge in [0.15, 0.2) is 5.69 Å². The molecule has 0 unspecified atom stereocenters. The summed E-state index contributed by atoms with van der Waals surface area (Å²) in [6.07, 6.45) is 1.49. The van der Waals surface area contributed by atoms with Gasteiger partial charge in [0.1, 0.15) is 0 Å². The van der Waals surface area contributed by atoms with E-state index in [1.54, 1.807) is 12.1 Å². The molecule has 3 nitrogen and oxygen atoms in total. The number of carboxylic acids is 1. The van der Waals surface area contributed by atoms with E-state index in [0.717, 1.165) is 16.7 Å². The number of carbonyl (C=O) groups is 1. The zero-order valence-electron chi connectivity index (χ0n) is 11.2. The molecule has 2 aromatic carbocycles. The van der Waals surface area contributed by atoms with E-state index in [1.165, 1.54) is 6.20 Å². The molecule has 0 radical (unpaired) electrons. The fourth-order valence-electron chi connectivity index (χ4n) is 2.31. The minimum Gasteiger partial charge on any atom is -0.476 e. The smallest absolute Gasteiger partial charge is 0.355 e. The van der Waals surface area contributed by atoms with Gasteiger partial charge in [-0.1, -0.05) is 54.6 Å². The molecule has 0 spiro atoms. The first-order chi connectivity index (χ1) is 10.3. The Bertz CT molecular complexity index is 782. The molecule has 0 aliphatic rings. The van der Waals surface area contributed by atoms with E-state index in [0.29, 0.717) is 5.56 Å². The summed E-state index contributed by atoms with van der Waals surface area (Å²) in [6, 6.07) is 21.3. The van der Waals surface area contributed by atoms with Gasteiger partial charge >= 0.3 is 5.97 Å². The summed E-state index contributed by atoms with van der Waals surface area (Å²) in [5.74, 6) is -1.02. The third-order valence-electron chi connectivity index (χ3n) is 3.29. The number of rotatable bonds is 3. The van der Waals surface area contributed by atoms with Gasteiger partial charge in [-0.25, -0.2) is 9.78 Å². The summed E-state index contributed by atoms with van der Waals surface area (Å²) in [4.78, 5) is 15.2. The van der Waals surface area contributed by atoms with Gasteiger partial charge in [-0.2, -0.15) is 0 Å². The molecule has 0 bridgehead atoms. The number of hydrogen-bond acceptors (Lipinski definition) is 2. The Kier molecular flexibility index (Phi) is 3.48. The van der Waals surface area contributed by atoms with Crippen LogP contribution in [0, 0.1) is 0 Å². The van der Waals surface area contributed by atoms with Crippen molar-refractivity contribution < 1.29 is 9.90 Å². The van der Waals surface area contributed by atoms with Crippen molar-refractivity contribution in [3.8, 4) is 22.3 Å². The first-order valence-corrected chi connectivity index (χ1v) is 6.60. The molecule has 0 saturated carbocycles. The van der Waals surface area contributed by atoms with Crippen LogP contribution in [-0.2, 0) is 0 Å². The Morgan fingerprint density at radius 1 is 0.810 bits per heavy atom. The van der Waals surface area contributed by atoms with Gasteiger partial charge in [-0.15, -0.1) is 0 Å². The van der Waals surface area contributed by atoms with Gasteiger partial charge in [-0.05, 0) is 28.8 Å². The van der Waals surface area contributed by atoms with E-state index < -0.39 is 5.97 Å². The normalized spacial score (nSPS) is 10.3. The Labute approximate surface area is 122 Å². The SMILES string of the molecule is O=C(O)c1ncccc1-c1cccc(-c2ccccc2)c1. The lowest BCUT2D eigenvalue weighted by Gasteiger charge is -2.08. The number of carboxylic acid groups (broad SMARTS) is 1. The predicted octanol–water partition coefficient (Wildman–Crippen LogP) is 4.11. The lowest BCUT2D eigenvalue weighted by atomic mass is 9.98. The van der Waals surface area contributed by atoms with Crippen LogP contribution in [-0.4, -0.2) is 16.1 Å². The summed E-state index contributed by atoms with van der Waals surface area (Å²) in [5.41, 5.74) is 3.70. The van der Waals surface area contributed by atoms with Crippen LogP contribution in [0.2, 0.25) is 0 Å². The van der Waals surface area contributed by atoms with Crippen LogP contribution < -0.4 is 0 Å². The monoisotopic (exact) mass is 275 g/mol. The number of nitrogens with zero attached hydrogens (tertiary/aromatic N) is 1. The van der Waals surface area contributed by atoms with Crippen LogP contribution in [0.25, 0.3) is 22.3 Å². The fourth-order valence-corrected chi connectivity index (χ4v) is 2.31. The number of pyridine rings is 1. The summed E-state index contributed by atoms with van der Waals surface area (Å²) in [7, 11) is 0. The van der Waals surface area contributed by atoms with Crippen molar-refractivity contribution in [1.82, 2.24) is 4.98 Å². The predicted molar refractivity (Wildman–Crippen MR) is 82.1 cm³/mol. The quantitative estimate of drug-likeness (QED) is 0.782. The summed E-state index contributed by atoms with van der Waals surface area (Å²) in [6.45, 7) is 0. The number of hydrogen-bond donors (Lipinski definition) is 1. The minimum absolute atomic E-state index is 0.0720. The van der Waals surface area contributed by atoms with E-state index in [4.69, 9.17) is 0 Å². The molecule has 1 N–H and O–H groups in total. The van der Waals surface area contributed by atoms with Crippen LogP contribution in [0.1, 0.15) is 10.5 Å². The van der Waals surface area contributed by atoms with Crippen molar-refractivity contribution in [2.75, 3.05) is 0 Å². The largest absolute Gasteiger partial charge is 0.476 e. The van der Waals surface area contributed by atoms with Gasteiger partial charge in [0.25, 0.3) is 0 Å². The van der Waals surface area contributed by atoms with E-state index >= 15 is 0 Å². The van der Waals surface area contributed by atoms with Crippen molar-refractivity contribution >= 4 is 5.97 Å². The maximum Gasteiger partial charge on any atom is 0.355 e. The van der Waals surface area contributed by atoms with Crippen molar-refractivity contribution in [1.29, 1.82) is 0 Å². The van der Waals surface area contributed by atoms with Gasteiger partial charge in [-0.3, -0.25) is 0 Å². The fraction of sp³-hybridized carbons (Fsp3) is 0. The molecule has 0 atom stereocenters. The number of benzene rings is 2. The number of aromatic carboxylic acids is 1. The maximum atomic E-state index is 11.3. The molecule has 21 heavy (non-hydrogen) atoms. The van der Waals surface area contributed by atoms with Gasteiger partial charge in [0, 0.05) is 11.8 Å². The van der Waals surface area contributed by atoms with Crippen LogP contribution in [0.5, 0.6) is 0 Å². The Morgan fingerprint density at radius 3 is 2.29 bits per heavy atom. The second-order valence-corrected chi connectivity index (χ2v) is 4.65. The topological polar surface area (TPSA) is 50.2 Å². The van der Waals surface area contributed by atoms with E-state index in [9.17, 15) is 9.90 Å². The minimum atomic E-state index is -1.02. The molecular formula is C18H13NO2. The van der Waals surface area contributed by atoms with Gasteiger partial charge < -0.3 is 5.11 Å². The van der Waals surface area contributed by atoms with E-state index in [-0.39, 0.29) is 5.69 Å². The molecule has 0 saturated heterocycles. The van der Waals surface area contributed by atoms with Gasteiger partial charge in [0.2, 0.25) is 0 Å². The van der Waals surface area contributed by atoms with Crippen molar-refractivity contribution in [2.24, 2.45) is 0 Å². The molecule has 3 aromatic rings. The molecule has 1 aromatic heterocycles. The molecule has 1 heterocycles. The lowest BCUT2D eigenvalue weighted by molar-refractivity contribution is 0.0691. The Hall–Kier alpha value is -2.94. The molecule has 0 fully saturated rings. The highest BCUT2D eigenvalue weighted by Gasteiger charge is 2.12. The Morgan fingerprint density at radius 2 is 1.52 bits per heavy atom. The average molecular weight is 275 g/mol. The maximum absolute atomic E-state index is 11.3. The zero-order chi connectivity index (χ0) is 14.7. The Balaban J connectivity index is 2.11. The third kappa shape index (κ3) is 2.67. The first-order valence-electron chi connectivity index (χ1n) is 6.60. The third-order valence-corrected chi connectivity index (χ3v) is 3.29. The summed E-state index contributed by atoms with van der Waals surface area (Å²) < 4.78 is 0. The summed E-state index contributed by atoms with van der Waals surface area (Å²) in [5, 5.41) is 9.25. The first kappa shape index (κ1) is 13.1. The molecule has 0 aliphatic carbocycles. The van der Waals surface area contributed by atoms with E-state index in [2.05, 4.69) is 4.98 Å². The van der Waals surface area contributed by atoms with Crippen LogP contribution in [0.15, 0.2) is 72.9 Å². The van der Waals surface area contributed by atoms with Crippen molar-refractivity contribution in [3.63, 3.8) is 0 Å². The van der Waals surface area contributed by atoms with Crippen LogP contribution in [0.4, 0.5) is 0 Å². The molecule has 0 aliphatic heterocycles. The lowest BCUT2D eigenvalue weighted by Crippen LogP contribution is -2.02. The standard InChI is InChI=1S/C18H13NO2/c20-18(21)17-16(10-5-11-19-17)15-9-4-8-14(12-15)13-6-2-1-3-7-13/h1-12H,(H,20,21). The average Bonchev–Trinajstić information content (AvgIpc) is 2.56.